The average Bonchev–Trinajstić information content (AvgIpc) is 2.83. The molecule has 3 aliphatic rings. The number of quaternary nitrogens is 1. The maximum absolute atomic E-state index is 14.6. The van der Waals surface area contributed by atoms with Crippen molar-refractivity contribution in [2.45, 2.75) is 46.5 Å². The maximum atomic E-state index is 14.6. The second-order valence-corrected chi connectivity index (χ2v) is 9.49. The summed E-state index contributed by atoms with van der Waals surface area (Å²) >= 11 is 0. The van der Waals surface area contributed by atoms with Crippen LogP contribution in [0.4, 0.5) is 10.1 Å². The molecule has 1 aromatic carbocycles. The van der Waals surface area contributed by atoms with Gasteiger partial charge in [-0.3, -0.25) is 10.7 Å². The summed E-state index contributed by atoms with van der Waals surface area (Å²) in [5.41, 5.74) is 3.94. The lowest BCUT2D eigenvalue weighted by Crippen LogP contribution is -2.76. The van der Waals surface area contributed by atoms with Gasteiger partial charge in [-0.05, 0) is 64.6 Å². The number of rotatable bonds is 7. The number of nitrogens with one attached hydrogen (secondary N) is 1. The Balaban J connectivity index is 1.41. The van der Waals surface area contributed by atoms with Gasteiger partial charge in [-0.25, -0.2) is 4.39 Å². The van der Waals surface area contributed by atoms with Gasteiger partial charge in [0.2, 0.25) is 0 Å². The van der Waals surface area contributed by atoms with Gasteiger partial charge in [0.1, 0.15) is 11.4 Å². The van der Waals surface area contributed by atoms with Gasteiger partial charge in [0.25, 0.3) is 0 Å². The minimum absolute atomic E-state index is 0.236. The summed E-state index contributed by atoms with van der Waals surface area (Å²) in [5, 5.41) is 19.6. The van der Waals surface area contributed by atoms with Crippen molar-refractivity contribution >= 4 is 22.8 Å². The fourth-order valence-electron chi connectivity index (χ4n) is 5.18. The number of ether oxygens (including phenoxy) is 2. The lowest BCUT2D eigenvalue weighted by Gasteiger charge is -2.36. The van der Waals surface area contributed by atoms with E-state index in [4.69, 9.17) is 14.9 Å². The summed E-state index contributed by atoms with van der Waals surface area (Å²) in [6.45, 7) is 11.1. The van der Waals surface area contributed by atoms with E-state index in [0.29, 0.717) is 29.5 Å². The summed E-state index contributed by atoms with van der Waals surface area (Å²) in [6.07, 6.45) is 4.29. The SMILES string of the molecule is CCOc1ccc([NH2+]C(C)=C2C(=N)C(C3CCN(CC4CCOCC4)CC3)=NN=C2C)c(F)c1. The summed E-state index contributed by atoms with van der Waals surface area (Å²) in [7, 11) is 0. The monoisotopic (exact) mass is 470 g/mol. The first-order valence-electron chi connectivity index (χ1n) is 12.5. The number of hydrogen-bond donors (Lipinski definition) is 2. The molecule has 4 rings (SSSR count). The third-order valence-electron chi connectivity index (χ3n) is 7.06. The Bertz CT molecular complexity index is 989. The minimum Gasteiger partial charge on any atom is -0.494 e. The molecule has 0 atom stereocenters. The molecule has 7 nitrogen and oxygen atoms in total. The van der Waals surface area contributed by atoms with Gasteiger partial charge in [0.05, 0.1) is 29.3 Å². The Kier molecular flexibility index (Phi) is 8.24. The van der Waals surface area contributed by atoms with Gasteiger partial charge < -0.3 is 14.4 Å². The van der Waals surface area contributed by atoms with Crippen molar-refractivity contribution in [3.63, 3.8) is 0 Å². The molecule has 8 heteroatoms. The van der Waals surface area contributed by atoms with E-state index < -0.39 is 0 Å². The summed E-state index contributed by atoms with van der Waals surface area (Å²) in [5.74, 6) is 1.15. The molecule has 0 amide bonds. The predicted molar refractivity (Wildman–Crippen MR) is 133 cm³/mol. The highest BCUT2D eigenvalue weighted by Crippen LogP contribution is 2.26. The summed E-state index contributed by atoms with van der Waals surface area (Å²) in [6, 6.07) is 4.89. The van der Waals surface area contributed by atoms with E-state index in [1.54, 1.807) is 17.4 Å². The van der Waals surface area contributed by atoms with Crippen LogP contribution in [0.1, 0.15) is 46.5 Å². The molecular weight excluding hydrogens is 433 g/mol. The van der Waals surface area contributed by atoms with Gasteiger partial charge >= 0.3 is 0 Å². The molecule has 34 heavy (non-hydrogen) atoms. The van der Waals surface area contributed by atoms with Crippen LogP contribution in [-0.4, -0.2) is 61.5 Å². The number of halogens is 1. The van der Waals surface area contributed by atoms with E-state index in [1.165, 1.54) is 6.07 Å². The number of likely N-dealkylation sites (tertiary alicyclic amines) is 1. The van der Waals surface area contributed by atoms with Crippen LogP contribution in [0.15, 0.2) is 39.7 Å². The van der Waals surface area contributed by atoms with Crippen molar-refractivity contribution in [2.24, 2.45) is 22.0 Å². The molecule has 0 bridgehead atoms. The molecule has 0 unspecified atom stereocenters. The molecule has 0 aliphatic carbocycles. The number of nitrogens with zero attached hydrogens (tertiary/aromatic N) is 3. The Morgan fingerprint density at radius 1 is 1.21 bits per heavy atom. The highest BCUT2D eigenvalue weighted by molar-refractivity contribution is 6.54. The van der Waals surface area contributed by atoms with Crippen molar-refractivity contribution in [1.29, 1.82) is 5.41 Å². The molecular formula is C26H37FN5O2+. The Labute approximate surface area is 201 Å². The zero-order valence-electron chi connectivity index (χ0n) is 20.6. The van der Waals surface area contributed by atoms with Crippen LogP contribution in [0, 0.1) is 23.1 Å². The number of nitrogens with two attached hydrogens (primary N) is 1. The first-order valence-corrected chi connectivity index (χ1v) is 12.5. The van der Waals surface area contributed by atoms with Crippen LogP contribution < -0.4 is 10.1 Å². The van der Waals surface area contributed by atoms with E-state index in [2.05, 4.69) is 15.1 Å². The molecule has 0 saturated carbocycles. The predicted octanol–water partition coefficient (Wildman–Crippen LogP) is 3.68. The third-order valence-corrected chi connectivity index (χ3v) is 7.06. The highest BCUT2D eigenvalue weighted by atomic mass is 19.1. The van der Waals surface area contributed by atoms with Crippen molar-refractivity contribution < 1.29 is 19.2 Å². The first kappa shape index (κ1) is 24.7. The van der Waals surface area contributed by atoms with Crippen LogP contribution in [-0.2, 0) is 4.74 Å². The second kappa shape index (κ2) is 11.3. The maximum Gasteiger partial charge on any atom is 0.187 e. The zero-order valence-corrected chi connectivity index (χ0v) is 20.6. The molecule has 3 N–H and O–H groups in total. The van der Waals surface area contributed by atoms with Gasteiger partial charge in [0, 0.05) is 44.7 Å². The van der Waals surface area contributed by atoms with Crippen LogP contribution in [0.25, 0.3) is 0 Å². The fraction of sp³-hybridized carbons (Fsp3) is 0.577. The quantitative estimate of drug-likeness (QED) is 0.596. The largest absolute Gasteiger partial charge is 0.494 e. The number of hydrogen-bond acceptors (Lipinski definition) is 6. The second-order valence-electron chi connectivity index (χ2n) is 9.49. The molecule has 3 heterocycles. The van der Waals surface area contributed by atoms with Gasteiger partial charge in [0.15, 0.2) is 11.5 Å². The van der Waals surface area contributed by atoms with Gasteiger partial charge in [-0.1, -0.05) is 0 Å². The zero-order chi connectivity index (χ0) is 24.1. The summed E-state index contributed by atoms with van der Waals surface area (Å²) < 4.78 is 25.5. The van der Waals surface area contributed by atoms with Crippen molar-refractivity contribution in [2.75, 3.05) is 39.5 Å². The fourth-order valence-corrected chi connectivity index (χ4v) is 5.18. The lowest BCUT2D eigenvalue weighted by molar-refractivity contribution is -0.519. The molecule has 2 fully saturated rings. The van der Waals surface area contributed by atoms with Crippen molar-refractivity contribution in [3.05, 3.63) is 35.3 Å². The standard InChI is InChI=1S/C26H36FN5O2/c1-4-34-21-5-6-23(22(27)15-21)29-17(2)24-18(3)30-31-26(25(24)28)20-7-11-32(12-8-20)16-19-9-13-33-14-10-19/h5-6,15,19-20,28-29H,4,7-14,16H2,1-3H3/p+1. The number of benzene rings is 1. The smallest absolute Gasteiger partial charge is 0.187 e. The molecule has 0 aromatic heterocycles. The molecule has 3 aliphatic heterocycles. The van der Waals surface area contributed by atoms with Crippen molar-refractivity contribution in [3.8, 4) is 5.75 Å². The molecule has 184 valence electrons. The van der Waals surface area contributed by atoms with E-state index in [0.717, 1.165) is 81.4 Å². The Morgan fingerprint density at radius 3 is 2.62 bits per heavy atom. The van der Waals surface area contributed by atoms with Gasteiger partial charge in [-0.2, -0.15) is 10.2 Å². The van der Waals surface area contributed by atoms with Crippen LogP contribution in [0.2, 0.25) is 0 Å². The Morgan fingerprint density at radius 2 is 1.94 bits per heavy atom. The molecule has 0 spiro atoms. The van der Waals surface area contributed by atoms with Crippen LogP contribution >= 0.6 is 0 Å². The molecule has 0 radical (unpaired) electrons. The average molecular weight is 471 g/mol. The van der Waals surface area contributed by atoms with Crippen molar-refractivity contribution in [1.82, 2.24) is 4.90 Å². The lowest BCUT2D eigenvalue weighted by atomic mass is 9.85. The first-order chi connectivity index (χ1) is 16.5. The topological polar surface area (TPSA) is 86.9 Å². The summed E-state index contributed by atoms with van der Waals surface area (Å²) in [4.78, 5) is 2.55. The number of allylic oxidation sites excluding steroid dienone is 2. The van der Waals surface area contributed by atoms with E-state index in [-0.39, 0.29) is 11.7 Å². The van der Waals surface area contributed by atoms with Crippen LogP contribution in [0.5, 0.6) is 5.75 Å². The van der Waals surface area contributed by atoms with E-state index in [1.807, 2.05) is 20.8 Å². The Hall–Kier alpha value is -2.42. The molecule has 2 saturated heterocycles. The number of piperidine rings is 1. The van der Waals surface area contributed by atoms with E-state index >= 15 is 0 Å². The van der Waals surface area contributed by atoms with Crippen LogP contribution in [0.3, 0.4) is 0 Å². The van der Waals surface area contributed by atoms with Gasteiger partial charge in [-0.15, -0.1) is 0 Å². The third kappa shape index (κ3) is 5.79. The highest BCUT2D eigenvalue weighted by Gasteiger charge is 2.32. The minimum atomic E-state index is -0.339. The normalized spacial score (nSPS) is 22.4. The molecule has 1 aromatic rings. The van der Waals surface area contributed by atoms with E-state index in [9.17, 15) is 4.39 Å².